The number of hydrogen-bond donors (Lipinski definition) is 2. The van der Waals surface area contributed by atoms with Crippen molar-refractivity contribution in [1.82, 2.24) is 4.72 Å². The molecule has 2 N–H and O–H groups in total. The maximum absolute atomic E-state index is 11.7. The van der Waals surface area contributed by atoms with Crippen molar-refractivity contribution in [1.29, 1.82) is 0 Å². The number of carbonyl (C=O) groups is 1. The number of nitrogens with zero attached hydrogens (tertiary/aromatic N) is 1. The molecule has 9 heteroatoms. The molecule has 1 atom stereocenters. The van der Waals surface area contributed by atoms with Gasteiger partial charge in [-0.25, -0.2) is 13.1 Å². The largest absolute Gasteiger partial charge is 0.481 e. The van der Waals surface area contributed by atoms with Crippen molar-refractivity contribution in [2.45, 2.75) is 30.6 Å². The normalized spacial score (nSPS) is 12.9. The van der Waals surface area contributed by atoms with Gasteiger partial charge in [-0.2, -0.15) is 0 Å². The second kappa shape index (κ2) is 6.64. The van der Waals surface area contributed by atoms with Gasteiger partial charge in [0.05, 0.1) is 15.7 Å². The minimum Gasteiger partial charge on any atom is -0.481 e. The Hall–Kier alpha value is -2.00. The number of benzene rings is 1. The lowest BCUT2D eigenvalue weighted by Crippen LogP contribution is -2.19. The predicted molar refractivity (Wildman–Crippen MR) is 74.6 cm³/mol. The fraction of sp³-hybridized carbons (Fsp3) is 0.417. The summed E-state index contributed by atoms with van der Waals surface area (Å²) < 4.78 is 25.4. The molecule has 8 nitrogen and oxygen atoms in total. The number of hydrogen-bond acceptors (Lipinski definition) is 5. The standard InChI is InChI=1S/C12H16N2O6S/c1-3-4-10(12(15)16)9-6-5-8(21(19,20)13-2)7-11(9)14(17)18/h5-7,10,13H,3-4H2,1-2H3,(H,15,16). The summed E-state index contributed by atoms with van der Waals surface area (Å²) in [5.74, 6) is -2.22. The molecular formula is C12H16N2O6S. The Kier molecular flexibility index (Phi) is 5.39. The van der Waals surface area contributed by atoms with Crippen LogP contribution in [0.25, 0.3) is 0 Å². The maximum atomic E-state index is 11.7. The number of nitro groups is 1. The summed E-state index contributed by atoms with van der Waals surface area (Å²) in [5.41, 5.74) is -0.503. The van der Waals surface area contributed by atoms with E-state index in [9.17, 15) is 28.4 Å². The van der Waals surface area contributed by atoms with Gasteiger partial charge in [0.1, 0.15) is 0 Å². The Morgan fingerprint density at radius 1 is 1.48 bits per heavy atom. The molecule has 0 spiro atoms. The predicted octanol–water partition coefficient (Wildman–Crippen LogP) is 1.47. The number of nitrogens with one attached hydrogen (secondary N) is 1. The molecule has 0 radical (unpaired) electrons. The van der Waals surface area contributed by atoms with Crippen molar-refractivity contribution < 1.29 is 23.2 Å². The van der Waals surface area contributed by atoms with Crippen LogP contribution in [-0.2, 0) is 14.8 Å². The maximum Gasteiger partial charge on any atom is 0.311 e. The first-order valence-electron chi connectivity index (χ1n) is 6.19. The topological polar surface area (TPSA) is 127 Å². The van der Waals surface area contributed by atoms with Gasteiger partial charge < -0.3 is 5.11 Å². The molecule has 1 aromatic carbocycles. The molecule has 0 aliphatic carbocycles. The second-order valence-electron chi connectivity index (χ2n) is 4.36. The smallest absolute Gasteiger partial charge is 0.311 e. The molecule has 0 amide bonds. The van der Waals surface area contributed by atoms with Crippen LogP contribution in [0.2, 0.25) is 0 Å². The quantitative estimate of drug-likeness (QED) is 0.579. The summed E-state index contributed by atoms with van der Waals surface area (Å²) in [7, 11) is -2.64. The third-order valence-corrected chi connectivity index (χ3v) is 4.44. The van der Waals surface area contributed by atoms with Crippen molar-refractivity contribution in [3.63, 3.8) is 0 Å². The van der Waals surface area contributed by atoms with Gasteiger partial charge in [0.15, 0.2) is 0 Å². The highest BCUT2D eigenvalue weighted by atomic mass is 32.2. The molecule has 0 fully saturated rings. The van der Waals surface area contributed by atoms with Crippen LogP contribution in [0, 0.1) is 10.1 Å². The molecule has 1 aromatic rings. The highest BCUT2D eigenvalue weighted by Gasteiger charge is 2.29. The molecular weight excluding hydrogens is 300 g/mol. The van der Waals surface area contributed by atoms with Gasteiger partial charge in [-0.3, -0.25) is 14.9 Å². The molecule has 0 aromatic heterocycles. The lowest BCUT2D eigenvalue weighted by atomic mass is 9.93. The van der Waals surface area contributed by atoms with Crippen LogP contribution in [0.1, 0.15) is 31.2 Å². The average molecular weight is 316 g/mol. The number of aliphatic carboxylic acids is 1. The molecule has 0 saturated carbocycles. The van der Waals surface area contributed by atoms with Crippen molar-refractivity contribution in [2.75, 3.05) is 7.05 Å². The van der Waals surface area contributed by atoms with E-state index in [2.05, 4.69) is 4.72 Å². The van der Waals surface area contributed by atoms with Gasteiger partial charge in [-0.15, -0.1) is 0 Å². The first-order valence-corrected chi connectivity index (χ1v) is 7.67. The van der Waals surface area contributed by atoms with E-state index in [1.54, 1.807) is 6.92 Å². The first-order chi connectivity index (χ1) is 9.74. The highest BCUT2D eigenvalue weighted by molar-refractivity contribution is 7.89. The zero-order chi connectivity index (χ0) is 16.2. The van der Waals surface area contributed by atoms with Crippen LogP contribution in [0.3, 0.4) is 0 Å². The summed E-state index contributed by atoms with van der Waals surface area (Å²) in [4.78, 5) is 21.3. The minimum absolute atomic E-state index is 0.00408. The molecule has 116 valence electrons. The molecule has 0 aliphatic rings. The summed E-state index contributed by atoms with van der Waals surface area (Å²) in [5, 5.41) is 20.3. The van der Waals surface area contributed by atoms with Gasteiger partial charge in [0.2, 0.25) is 10.0 Å². The fourth-order valence-electron chi connectivity index (χ4n) is 1.96. The van der Waals surface area contributed by atoms with Crippen molar-refractivity contribution in [3.05, 3.63) is 33.9 Å². The van der Waals surface area contributed by atoms with E-state index < -0.39 is 32.5 Å². The molecule has 0 heterocycles. The van der Waals surface area contributed by atoms with E-state index in [-0.39, 0.29) is 16.9 Å². The number of carboxylic acids is 1. The van der Waals surface area contributed by atoms with Gasteiger partial charge in [0.25, 0.3) is 5.69 Å². The second-order valence-corrected chi connectivity index (χ2v) is 6.25. The Morgan fingerprint density at radius 2 is 2.10 bits per heavy atom. The number of rotatable bonds is 7. The SMILES string of the molecule is CCCC(C(=O)O)c1ccc(S(=O)(=O)NC)cc1[N+](=O)[O-]. The van der Waals surface area contributed by atoms with Gasteiger partial charge in [0, 0.05) is 11.6 Å². The van der Waals surface area contributed by atoms with Gasteiger partial charge in [-0.1, -0.05) is 13.3 Å². The van der Waals surface area contributed by atoms with Crippen molar-refractivity contribution in [2.24, 2.45) is 0 Å². The number of carboxylic acid groups (broad SMARTS) is 1. The van der Waals surface area contributed by atoms with E-state index >= 15 is 0 Å². The Balaban J connectivity index is 3.48. The van der Waals surface area contributed by atoms with Crippen LogP contribution in [-0.4, -0.2) is 31.5 Å². The first kappa shape index (κ1) is 17.1. The number of nitro benzene ring substituents is 1. The molecule has 0 aliphatic heterocycles. The summed E-state index contributed by atoms with van der Waals surface area (Å²) in [6.45, 7) is 1.77. The Bertz CT molecular complexity index is 656. The zero-order valence-electron chi connectivity index (χ0n) is 11.6. The summed E-state index contributed by atoms with van der Waals surface area (Å²) >= 11 is 0. The van der Waals surface area contributed by atoms with E-state index in [0.29, 0.717) is 6.42 Å². The van der Waals surface area contributed by atoms with Gasteiger partial charge >= 0.3 is 5.97 Å². The molecule has 0 saturated heterocycles. The fourth-order valence-corrected chi connectivity index (χ4v) is 2.71. The lowest BCUT2D eigenvalue weighted by Gasteiger charge is -2.13. The molecule has 0 bridgehead atoms. The van der Waals surface area contributed by atoms with E-state index in [4.69, 9.17) is 0 Å². The van der Waals surface area contributed by atoms with E-state index in [0.717, 1.165) is 6.07 Å². The van der Waals surface area contributed by atoms with Crippen LogP contribution < -0.4 is 4.72 Å². The highest BCUT2D eigenvalue weighted by Crippen LogP contribution is 2.32. The van der Waals surface area contributed by atoms with Crippen LogP contribution in [0.5, 0.6) is 0 Å². The van der Waals surface area contributed by atoms with Crippen LogP contribution in [0.4, 0.5) is 5.69 Å². The van der Waals surface area contributed by atoms with E-state index in [1.807, 2.05) is 0 Å². The molecule has 21 heavy (non-hydrogen) atoms. The monoisotopic (exact) mass is 316 g/mol. The Labute approximate surface area is 122 Å². The molecule has 1 rings (SSSR count). The average Bonchev–Trinajstić information content (AvgIpc) is 2.43. The minimum atomic E-state index is -3.83. The van der Waals surface area contributed by atoms with E-state index in [1.165, 1.54) is 19.2 Å². The summed E-state index contributed by atoms with van der Waals surface area (Å²) in [6.07, 6.45) is 0.763. The van der Waals surface area contributed by atoms with Crippen LogP contribution in [0.15, 0.2) is 23.1 Å². The summed E-state index contributed by atoms with van der Waals surface area (Å²) in [6, 6.07) is 3.24. The third kappa shape index (κ3) is 3.76. The van der Waals surface area contributed by atoms with Crippen molar-refractivity contribution >= 4 is 21.7 Å². The zero-order valence-corrected chi connectivity index (χ0v) is 12.4. The third-order valence-electron chi connectivity index (χ3n) is 3.03. The Morgan fingerprint density at radius 3 is 2.52 bits per heavy atom. The van der Waals surface area contributed by atoms with Gasteiger partial charge in [-0.05, 0) is 25.6 Å². The number of sulfonamides is 1. The lowest BCUT2D eigenvalue weighted by molar-refractivity contribution is -0.385. The van der Waals surface area contributed by atoms with Crippen molar-refractivity contribution in [3.8, 4) is 0 Å². The molecule has 1 unspecified atom stereocenters. The van der Waals surface area contributed by atoms with Crippen LogP contribution >= 0.6 is 0 Å².